The first-order valence-corrected chi connectivity index (χ1v) is 9.45. The lowest BCUT2D eigenvalue weighted by atomic mass is 10.0. The summed E-state index contributed by atoms with van der Waals surface area (Å²) in [5, 5.41) is 5.59. The van der Waals surface area contributed by atoms with Crippen molar-refractivity contribution in [2.45, 2.75) is 33.3 Å². The molecule has 5 heterocycles. The van der Waals surface area contributed by atoms with E-state index in [4.69, 9.17) is 5.48 Å². The van der Waals surface area contributed by atoms with Crippen molar-refractivity contribution in [3.63, 3.8) is 0 Å². The van der Waals surface area contributed by atoms with E-state index in [1.54, 1.807) is 19.9 Å². The first kappa shape index (κ1) is 14.4. The van der Waals surface area contributed by atoms with Crippen LogP contribution in [0, 0.1) is 19.7 Å². The number of halogens is 1. The zero-order valence-corrected chi connectivity index (χ0v) is 16.4. The van der Waals surface area contributed by atoms with Crippen molar-refractivity contribution < 1.29 is 14.7 Å². The minimum absolute atomic E-state index is 0.116. The standard InChI is InChI=1S/C22H21FN6O/c1-12-5-16-20(10-26-22(16)30)28-21(12)29-4-3-18-14(11-29)7-15(8-25-18)27-19-6-13(2)24-9-17(19)23/h5-9H,3-4,10-11H2,1-2H3,(H,24,27)(H,26,30)/i4D2,11D2. The van der Waals surface area contributed by atoms with Crippen LogP contribution in [-0.4, -0.2) is 27.4 Å². The van der Waals surface area contributed by atoms with E-state index in [1.807, 2.05) is 0 Å². The molecule has 0 unspecified atom stereocenters. The monoisotopic (exact) mass is 408 g/mol. The average Bonchev–Trinajstić information content (AvgIpc) is 3.10. The summed E-state index contributed by atoms with van der Waals surface area (Å²) in [4.78, 5) is 25.7. The first-order valence-electron chi connectivity index (χ1n) is 11.4. The Morgan fingerprint density at radius 1 is 1.20 bits per heavy atom. The molecule has 8 heteroatoms. The number of amides is 1. The summed E-state index contributed by atoms with van der Waals surface area (Å²) in [7, 11) is 0. The van der Waals surface area contributed by atoms with Gasteiger partial charge in [-0.15, -0.1) is 0 Å². The molecule has 3 aromatic rings. The number of aryl methyl sites for hydroxylation is 3. The second-order valence-electron chi connectivity index (χ2n) is 7.24. The maximum atomic E-state index is 14.2. The summed E-state index contributed by atoms with van der Waals surface area (Å²) in [6.07, 6.45) is 2.34. The number of hydrogen-bond donors (Lipinski definition) is 2. The fraction of sp³-hybridized carbons (Fsp3) is 0.273. The van der Waals surface area contributed by atoms with Gasteiger partial charge in [-0.3, -0.25) is 14.8 Å². The van der Waals surface area contributed by atoms with Gasteiger partial charge in [0.1, 0.15) is 5.82 Å². The van der Waals surface area contributed by atoms with Crippen LogP contribution in [0.5, 0.6) is 0 Å². The lowest BCUT2D eigenvalue weighted by molar-refractivity contribution is 0.0965. The smallest absolute Gasteiger partial charge is 0.253 e. The molecule has 0 atom stereocenters. The highest BCUT2D eigenvalue weighted by molar-refractivity contribution is 5.98. The second kappa shape index (κ2) is 7.05. The number of carbonyl (C=O) groups is 1. The SMILES string of the molecule is [2H]C1([2H])Cc2ncc(Nc3cc(C)ncc3F)cc2C([2H])([2H])N1c1nc2c(cc1C)C(=O)NC2. The zero-order chi connectivity index (χ0) is 24.4. The molecule has 1 amide bonds. The molecule has 0 radical (unpaired) electrons. The van der Waals surface area contributed by atoms with Crippen molar-refractivity contribution in [3.05, 3.63) is 70.2 Å². The van der Waals surface area contributed by atoms with E-state index in [1.165, 1.54) is 18.3 Å². The number of anilines is 3. The van der Waals surface area contributed by atoms with Crippen molar-refractivity contribution >= 4 is 23.1 Å². The third-order valence-electron chi connectivity index (χ3n) is 5.02. The fourth-order valence-electron chi connectivity index (χ4n) is 3.49. The molecular weight excluding hydrogens is 383 g/mol. The second-order valence-corrected chi connectivity index (χ2v) is 7.24. The Morgan fingerprint density at radius 3 is 2.93 bits per heavy atom. The van der Waals surface area contributed by atoms with Crippen LogP contribution in [0.4, 0.5) is 21.6 Å². The van der Waals surface area contributed by atoms with Gasteiger partial charge >= 0.3 is 0 Å². The van der Waals surface area contributed by atoms with Gasteiger partial charge in [0.05, 0.1) is 44.3 Å². The van der Waals surface area contributed by atoms with Crippen molar-refractivity contribution in [2.75, 3.05) is 16.7 Å². The number of aromatic nitrogens is 3. The Morgan fingerprint density at radius 2 is 2.07 bits per heavy atom. The van der Waals surface area contributed by atoms with Crippen LogP contribution in [0.25, 0.3) is 0 Å². The van der Waals surface area contributed by atoms with Gasteiger partial charge in [-0.2, -0.15) is 0 Å². The van der Waals surface area contributed by atoms with Crippen molar-refractivity contribution in [2.24, 2.45) is 0 Å². The number of fused-ring (bicyclic) bond motifs is 2. The molecule has 7 nitrogen and oxygen atoms in total. The minimum Gasteiger partial charge on any atom is -0.352 e. The molecule has 0 bridgehead atoms. The number of nitrogens with zero attached hydrogens (tertiary/aromatic N) is 4. The normalized spacial score (nSPS) is 20.2. The number of pyridine rings is 3. The van der Waals surface area contributed by atoms with Crippen molar-refractivity contribution in [1.29, 1.82) is 0 Å². The lowest BCUT2D eigenvalue weighted by Gasteiger charge is -2.31. The highest BCUT2D eigenvalue weighted by atomic mass is 19.1. The third-order valence-corrected chi connectivity index (χ3v) is 5.02. The largest absolute Gasteiger partial charge is 0.352 e. The van der Waals surface area contributed by atoms with E-state index >= 15 is 0 Å². The van der Waals surface area contributed by atoms with Gasteiger partial charge in [-0.1, -0.05) is 0 Å². The highest BCUT2D eigenvalue weighted by Crippen LogP contribution is 2.29. The minimum atomic E-state index is -2.34. The Bertz CT molecular complexity index is 1350. The van der Waals surface area contributed by atoms with Gasteiger partial charge in [0.2, 0.25) is 0 Å². The van der Waals surface area contributed by atoms with Crippen LogP contribution >= 0.6 is 0 Å². The molecule has 2 aliphatic rings. The van der Waals surface area contributed by atoms with E-state index in [0.717, 1.165) is 11.1 Å². The van der Waals surface area contributed by atoms with Gasteiger partial charge in [0.15, 0.2) is 5.82 Å². The third kappa shape index (κ3) is 3.24. The maximum absolute atomic E-state index is 14.2. The van der Waals surface area contributed by atoms with E-state index in [9.17, 15) is 9.18 Å². The predicted octanol–water partition coefficient (Wildman–Crippen LogP) is 3.18. The van der Waals surface area contributed by atoms with Crippen LogP contribution in [0.3, 0.4) is 0 Å². The summed E-state index contributed by atoms with van der Waals surface area (Å²) in [6, 6.07) is 4.64. The van der Waals surface area contributed by atoms with Crippen molar-refractivity contribution in [1.82, 2.24) is 20.3 Å². The molecular formula is C22H21FN6O. The Labute approximate surface area is 179 Å². The summed E-state index contributed by atoms with van der Waals surface area (Å²) < 4.78 is 49.3. The van der Waals surface area contributed by atoms with E-state index < -0.39 is 18.8 Å². The van der Waals surface area contributed by atoms with Crippen LogP contribution in [0.1, 0.15) is 44.0 Å². The van der Waals surface area contributed by atoms with Gasteiger partial charge in [-0.05, 0) is 43.2 Å². The zero-order valence-electron chi connectivity index (χ0n) is 20.4. The van der Waals surface area contributed by atoms with Crippen LogP contribution < -0.4 is 15.5 Å². The average molecular weight is 408 g/mol. The Hall–Kier alpha value is -3.55. The topological polar surface area (TPSA) is 83.0 Å². The highest BCUT2D eigenvalue weighted by Gasteiger charge is 2.25. The lowest BCUT2D eigenvalue weighted by Crippen LogP contribution is -2.32. The summed E-state index contributed by atoms with van der Waals surface area (Å²) in [6.45, 7) is -0.889. The van der Waals surface area contributed by atoms with Crippen LogP contribution in [0.15, 0.2) is 30.6 Å². The molecule has 0 saturated heterocycles. The Kier molecular flexibility index (Phi) is 3.39. The molecule has 3 aromatic heterocycles. The fourth-order valence-corrected chi connectivity index (χ4v) is 3.49. The summed E-state index contributed by atoms with van der Waals surface area (Å²) in [5.41, 5.74) is 2.87. The molecule has 0 fully saturated rings. The van der Waals surface area contributed by atoms with Gasteiger partial charge in [0.25, 0.3) is 5.91 Å². The molecule has 0 aromatic carbocycles. The van der Waals surface area contributed by atoms with Crippen LogP contribution in [0.2, 0.25) is 0 Å². The van der Waals surface area contributed by atoms with Gasteiger partial charge in [-0.25, -0.2) is 9.37 Å². The predicted molar refractivity (Wildman–Crippen MR) is 111 cm³/mol. The quantitative estimate of drug-likeness (QED) is 0.693. The molecule has 0 spiro atoms. The molecule has 152 valence electrons. The van der Waals surface area contributed by atoms with E-state index in [0.29, 0.717) is 28.2 Å². The number of nitrogens with one attached hydrogen (secondary N) is 2. The molecule has 2 N–H and O–H groups in total. The Balaban J connectivity index is 1.59. The number of carbonyl (C=O) groups excluding carboxylic acids is 1. The number of rotatable bonds is 3. The van der Waals surface area contributed by atoms with Crippen LogP contribution in [-0.2, 0) is 19.5 Å². The van der Waals surface area contributed by atoms with E-state index in [-0.39, 0.29) is 41.6 Å². The van der Waals surface area contributed by atoms with Gasteiger partial charge < -0.3 is 15.5 Å². The molecule has 30 heavy (non-hydrogen) atoms. The maximum Gasteiger partial charge on any atom is 0.253 e. The molecule has 0 aliphatic carbocycles. The molecule has 5 rings (SSSR count). The van der Waals surface area contributed by atoms with E-state index in [2.05, 4.69) is 25.6 Å². The van der Waals surface area contributed by atoms with Crippen molar-refractivity contribution in [3.8, 4) is 0 Å². The number of hydrogen-bond acceptors (Lipinski definition) is 6. The first-order chi connectivity index (χ1) is 16.0. The molecule has 2 aliphatic heterocycles. The summed E-state index contributed by atoms with van der Waals surface area (Å²) >= 11 is 0. The molecule has 0 saturated carbocycles. The van der Waals surface area contributed by atoms with Gasteiger partial charge in [0, 0.05) is 33.5 Å². The summed E-state index contributed by atoms with van der Waals surface area (Å²) in [5.74, 6) is -0.707.